The zero-order valence-corrected chi connectivity index (χ0v) is 15.2. The van der Waals surface area contributed by atoms with Gasteiger partial charge in [0.2, 0.25) is 5.95 Å². The van der Waals surface area contributed by atoms with Crippen LogP contribution in [0, 0.1) is 0 Å². The first-order valence-corrected chi connectivity index (χ1v) is 9.15. The molecular formula is C17H20N8O3. The fourth-order valence-electron chi connectivity index (χ4n) is 3.31. The summed E-state index contributed by atoms with van der Waals surface area (Å²) in [6, 6.07) is 0. The van der Waals surface area contributed by atoms with Crippen LogP contribution in [-0.4, -0.2) is 75.5 Å². The topological polar surface area (TPSA) is 126 Å². The lowest BCUT2D eigenvalue weighted by molar-refractivity contribution is -0.0545. The monoisotopic (exact) mass is 384 g/mol. The Labute approximate surface area is 160 Å². The van der Waals surface area contributed by atoms with Gasteiger partial charge < -0.3 is 24.8 Å². The van der Waals surface area contributed by atoms with Crippen molar-refractivity contribution in [1.29, 1.82) is 0 Å². The second-order valence-electron chi connectivity index (χ2n) is 6.55. The molecule has 0 saturated carbocycles. The van der Waals surface area contributed by atoms with Crippen molar-refractivity contribution in [3.8, 4) is 11.3 Å². The number of anilines is 2. The number of morpholine rings is 1. The summed E-state index contributed by atoms with van der Waals surface area (Å²) in [5.74, 6) is 0.862. The summed E-state index contributed by atoms with van der Waals surface area (Å²) in [5.41, 5.74) is 8.50. The predicted octanol–water partition coefficient (Wildman–Crippen LogP) is 0.0750. The molecule has 146 valence electrons. The van der Waals surface area contributed by atoms with E-state index in [1.54, 1.807) is 17.1 Å². The summed E-state index contributed by atoms with van der Waals surface area (Å²) >= 11 is 0. The van der Waals surface area contributed by atoms with Crippen LogP contribution < -0.4 is 10.6 Å². The molecule has 0 spiro atoms. The second-order valence-corrected chi connectivity index (χ2v) is 6.55. The van der Waals surface area contributed by atoms with Crippen LogP contribution in [0.1, 0.15) is 0 Å². The summed E-state index contributed by atoms with van der Waals surface area (Å²) in [4.78, 5) is 19.9. The van der Waals surface area contributed by atoms with Crippen molar-refractivity contribution in [2.45, 2.75) is 12.8 Å². The zero-order valence-electron chi connectivity index (χ0n) is 15.2. The van der Waals surface area contributed by atoms with Crippen LogP contribution in [0.2, 0.25) is 0 Å². The lowest BCUT2D eigenvalue weighted by atomic mass is 10.2. The standard InChI is InChI=1S/C17H20N8O3/c18-17-22-15-14(16(23-17)24-1-3-26-4-2-24)21-12(8-19-15)11-7-20-25(9-11)10-13-27-5-6-28-13/h7-9,13H,1-6,10H2,(H2,18,19,22,23). The summed E-state index contributed by atoms with van der Waals surface area (Å²) in [6.45, 7) is 4.46. The highest BCUT2D eigenvalue weighted by Gasteiger charge is 2.20. The minimum atomic E-state index is -0.264. The zero-order chi connectivity index (χ0) is 18.9. The highest BCUT2D eigenvalue weighted by Crippen LogP contribution is 2.25. The Morgan fingerprint density at radius 1 is 1.04 bits per heavy atom. The number of hydrogen-bond donors (Lipinski definition) is 1. The molecule has 2 saturated heterocycles. The SMILES string of the molecule is Nc1nc(N2CCOCC2)c2nc(-c3cnn(CC4OCCO4)c3)cnc2n1. The van der Waals surface area contributed by atoms with Gasteiger partial charge in [-0.1, -0.05) is 0 Å². The molecule has 0 radical (unpaired) electrons. The van der Waals surface area contributed by atoms with Crippen molar-refractivity contribution in [1.82, 2.24) is 29.7 Å². The number of hydrogen-bond acceptors (Lipinski definition) is 10. The first-order chi connectivity index (χ1) is 13.8. The molecule has 2 fully saturated rings. The first-order valence-electron chi connectivity index (χ1n) is 9.15. The third-order valence-electron chi connectivity index (χ3n) is 4.67. The van der Waals surface area contributed by atoms with Gasteiger partial charge in [-0.2, -0.15) is 15.1 Å². The summed E-state index contributed by atoms with van der Waals surface area (Å²) in [6.07, 6.45) is 5.05. The quantitative estimate of drug-likeness (QED) is 0.660. The van der Waals surface area contributed by atoms with Gasteiger partial charge >= 0.3 is 0 Å². The molecule has 28 heavy (non-hydrogen) atoms. The number of ether oxygens (including phenoxy) is 3. The van der Waals surface area contributed by atoms with Gasteiger partial charge in [-0.3, -0.25) is 4.68 Å². The van der Waals surface area contributed by atoms with Crippen molar-refractivity contribution >= 4 is 22.9 Å². The lowest BCUT2D eigenvalue weighted by Gasteiger charge is -2.28. The van der Waals surface area contributed by atoms with E-state index >= 15 is 0 Å². The second kappa shape index (κ2) is 7.26. The Bertz CT molecular complexity index is 982. The molecule has 0 aliphatic carbocycles. The average molecular weight is 384 g/mol. The third kappa shape index (κ3) is 3.35. The number of rotatable bonds is 4. The van der Waals surface area contributed by atoms with Crippen molar-refractivity contribution in [2.75, 3.05) is 50.2 Å². The van der Waals surface area contributed by atoms with E-state index in [4.69, 9.17) is 24.9 Å². The van der Waals surface area contributed by atoms with E-state index in [0.717, 1.165) is 18.7 Å². The average Bonchev–Trinajstić information content (AvgIpc) is 3.40. The van der Waals surface area contributed by atoms with Crippen molar-refractivity contribution in [3.63, 3.8) is 0 Å². The molecular weight excluding hydrogens is 364 g/mol. The molecule has 11 nitrogen and oxygen atoms in total. The minimum absolute atomic E-state index is 0.181. The van der Waals surface area contributed by atoms with Gasteiger partial charge in [-0.05, 0) is 0 Å². The van der Waals surface area contributed by atoms with Crippen molar-refractivity contribution in [2.24, 2.45) is 0 Å². The van der Waals surface area contributed by atoms with Gasteiger partial charge in [0, 0.05) is 24.8 Å². The van der Waals surface area contributed by atoms with Gasteiger partial charge in [0.15, 0.2) is 23.3 Å². The van der Waals surface area contributed by atoms with Crippen molar-refractivity contribution in [3.05, 3.63) is 18.6 Å². The van der Waals surface area contributed by atoms with E-state index in [1.165, 1.54) is 0 Å². The number of nitrogen functional groups attached to an aromatic ring is 1. The molecule has 0 aromatic carbocycles. The van der Waals surface area contributed by atoms with E-state index in [0.29, 0.717) is 55.6 Å². The van der Waals surface area contributed by atoms with E-state index < -0.39 is 0 Å². The van der Waals surface area contributed by atoms with Gasteiger partial charge in [0.05, 0.1) is 51.1 Å². The highest BCUT2D eigenvalue weighted by atomic mass is 16.7. The fraction of sp³-hybridized carbons (Fsp3) is 0.471. The van der Waals surface area contributed by atoms with Gasteiger partial charge in [0.25, 0.3) is 0 Å². The maximum Gasteiger partial charge on any atom is 0.224 e. The van der Waals surface area contributed by atoms with Crippen LogP contribution in [-0.2, 0) is 20.8 Å². The maximum absolute atomic E-state index is 5.88. The summed E-state index contributed by atoms with van der Waals surface area (Å²) in [5, 5.41) is 4.37. The normalized spacial score (nSPS) is 18.2. The van der Waals surface area contributed by atoms with E-state index in [1.807, 2.05) is 6.20 Å². The predicted molar refractivity (Wildman–Crippen MR) is 99.5 cm³/mol. The van der Waals surface area contributed by atoms with Gasteiger partial charge in [-0.15, -0.1) is 0 Å². The fourth-order valence-corrected chi connectivity index (χ4v) is 3.31. The number of aromatic nitrogens is 6. The molecule has 2 aliphatic rings. The van der Waals surface area contributed by atoms with Crippen LogP contribution in [0.15, 0.2) is 18.6 Å². The number of nitrogens with two attached hydrogens (primary N) is 1. The van der Waals surface area contributed by atoms with Crippen LogP contribution >= 0.6 is 0 Å². The first kappa shape index (κ1) is 17.2. The number of nitrogens with zero attached hydrogens (tertiary/aromatic N) is 7. The van der Waals surface area contributed by atoms with E-state index in [-0.39, 0.29) is 12.2 Å². The molecule has 0 unspecified atom stereocenters. The van der Waals surface area contributed by atoms with E-state index in [2.05, 4.69) is 25.0 Å². The molecule has 0 atom stereocenters. The Balaban J connectivity index is 1.48. The molecule has 0 amide bonds. The molecule has 3 aromatic rings. The molecule has 5 heterocycles. The minimum Gasteiger partial charge on any atom is -0.378 e. The molecule has 3 aromatic heterocycles. The molecule has 2 N–H and O–H groups in total. The van der Waals surface area contributed by atoms with Crippen LogP contribution in [0.3, 0.4) is 0 Å². The molecule has 5 rings (SSSR count). The Kier molecular flexibility index (Phi) is 4.47. The largest absolute Gasteiger partial charge is 0.378 e. The summed E-state index contributed by atoms with van der Waals surface area (Å²) < 4.78 is 18.1. The lowest BCUT2D eigenvalue weighted by Crippen LogP contribution is -2.37. The van der Waals surface area contributed by atoms with Crippen LogP contribution in [0.25, 0.3) is 22.4 Å². The van der Waals surface area contributed by atoms with Gasteiger partial charge in [-0.25, -0.2) is 9.97 Å². The number of fused-ring (bicyclic) bond motifs is 1. The van der Waals surface area contributed by atoms with Crippen LogP contribution in [0.5, 0.6) is 0 Å². The smallest absolute Gasteiger partial charge is 0.224 e. The molecule has 11 heteroatoms. The Morgan fingerprint density at radius 2 is 1.86 bits per heavy atom. The van der Waals surface area contributed by atoms with E-state index in [9.17, 15) is 0 Å². The van der Waals surface area contributed by atoms with Gasteiger partial charge in [0.1, 0.15) is 0 Å². The summed E-state index contributed by atoms with van der Waals surface area (Å²) in [7, 11) is 0. The van der Waals surface area contributed by atoms with Crippen LogP contribution in [0.4, 0.5) is 11.8 Å². The maximum atomic E-state index is 5.88. The molecule has 2 aliphatic heterocycles. The Morgan fingerprint density at radius 3 is 2.68 bits per heavy atom. The Hall–Kier alpha value is -2.89. The highest BCUT2D eigenvalue weighted by molar-refractivity contribution is 5.85. The molecule has 0 bridgehead atoms. The van der Waals surface area contributed by atoms with Crippen molar-refractivity contribution < 1.29 is 14.2 Å². The third-order valence-corrected chi connectivity index (χ3v) is 4.67.